The molecule has 1 fully saturated rings. The lowest BCUT2D eigenvalue weighted by Gasteiger charge is -2.37. The normalized spacial score (nSPS) is 24.8. The van der Waals surface area contributed by atoms with Crippen LogP contribution in [0.1, 0.15) is 46.5 Å². The molecule has 19 heavy (non-hydrogen) atoms. The number of hydrogen-bond donors (Lipinski definition) is 1. The van der Waals surface area contributed by atoms with Crippen LogP contribution in [0.5, 0.6) is 0 Å². The lowest BCUT2D eigenvalue weighted by Crippen LogP contribution is -2.43. The van der Waals surface area contributed by atoms with Crippen LogP contribution in [0.25, 0.3) is 0 Å². The van der Waals surface area contributed by atoms with Crippen LogP contribution in [0.4, 0.5) is 0 Å². The van der Waals surface area contributed by atoms with Crippen molar-refractivity contribution in [1.29, 1.82) is 0 Å². The molecule has 1 atom stereocenters. The van der Waals surface area contributed by atoms with Gasteiger partial charge in [0.25, 0.3) is 0 Å². The quantitative estimate of drug-likeness (QED) is 0.695. The Morgan fingerprint density at radius 1 is 1.37 bits per heavy atom. The fourth-order valence-corrected chi connectivity index (χ4v) is 3.65. The predicted molar refractivity (Wildman–Crippen MR) is 79.2 cm³/mol. The highest BCUT2D eigenvalue weighted by Crippen LogP contribution is 2.32. The molecule has 0 spiro atoms. The molecule has 1 N–H and O–H groups in total. The van der Waals surface area contributed by atoms with E-state index in [1.807, 2.05) is 0 Å². The van der Waals surface area contributed by atoms with Gasteiger partial charge in [-0.1, -0.05) is 6.92 Å². The highest BCUT2D eigenvalue weighted by molar-refractivity contribution is 7.91. The van der Waals surface area contributed by atoms with Crippen LogP contribution in [-0.4, -0.2) is 45.7 Å². The van der Waals surface area contributed by atoms with Gasteiger partial charge in [-0.3, -0.25) is 0 Å². The maximum atomic E-state index is 12.0. The summed E-state index contributed by atoms with van der Waals surface area (Å²) in [6, 6.07) is 0. The summed E-state index contributed by atoms with van der Waals surface area (Å²) in [6.07, 6.45) is 3.91. The van der Waals surface area contributed by atoms with Gasteiger partial charge in [-0.2, -0.15) is 0 Å². The molecule has 0 aromatic carbocycles. The molecule has 1 rings (SSSR count). The molecule has 114 valence electrons. The number of sulfone groups is 1. The van der Waals surface area contributed by atoms with Gasteiger partial charge in [0.15, 0.2) is 9.84 Å². The molecule has 0 saturated carbocycles. The minimum atomic E-state index is -2.95. The molecule has 0 aromatic heterocycles. The third kappa shape index (κ3) is 5.40. The van der Waals surface area contributed by atoms with E-state index in [9.17, 15) is 8.42 Å². The number of rotatable bonds is 8. The zero-order valence-electron chi connectivity index (χ0n) is 12.6. The van der Waals surface area contributed by atoms with E-state index >= 15 is 0 Å². The van der Waals surface area contributed by atoms with E-state index < -0.39 is 9.84 Å². The Hall–Kier alpha value is -0.130. The van der Waals surface area contributed by atoms with E-state index in [4.69, 9.17) is 4.74 Å². The van der Waals surface area contributed by atoms with Crippen LogP contribution >= 0.6 is 0 Å². The summed E-state index contributed by atoms with van der Waals surface area (Å²) in [5, 5.41) is 3.16. The Morgan fingerprint density at radius 3 is 2.63 bits per heavy atom. The van der Waals surface area contributed by atoms with Gasteiger partial charge in [-0.25, -0.2) is 8.42 Å². The molecule has 1 saturated heterocycles. The maximum absolute atomic E-state index is 12.0. The molecule has 0 amide bonds. The van der Waals surface area contributed by atoms with Crippen LogP contribution in [0.15, 0.2) is 0 Å². The van der Waals surface area contributed by atoms with Crippen molar-refractivity contribution in [1.82, 2.24) is 5.32 Å². The Bertz CT molecular complexity index is 346. The fourth-order valence-electron chi connectivity index (χ4n) is 2.46. The predicted octanol–water partition coefficient (Wildman–Crippen LogP) is 2.00. The molecular formula is C14H29NO3S. The summed E-state index contributed by atoms with van der Waals surface area (Å²) in [4.78, 5) is 0. The van der Waals surface area contributed by atoms with Gasteiger partial charge in [-0.15, -0.1) is 0 Å². The van der Waals surface area contributed by atoms with Gasteiger partial charge in [0, 0.05) is 18.6 Å². The number of hydrogen-bond acceptors (Lipinski definition) is 4. The highest BCUT2D eigenvalue weighted by atomic mass is 32.2. The second-order valence-electron chi connectivity index (χ2n) is 6.00. The molecule has 5 heteroatoms. The average molecular weight is 291 g/mol. The van der Waals surface area contributed by atoms with Crippen molar-refractivity contribution in [2.24, 2.45) is 5.41 Å². The Morgan fingerprint density at radius 2 is 2.11 bits per heavy atom. The Kier molecular flexibility index (Phi) is 6.77. The second kappa shape index (κ2) is 7.60. The summed E-state index contributed by atoms with van der Waals surface area (Å²) < 4.78 is 29.6. The van der Waals surface area contributed by atoms with Gasteiger partial charge in [0.05, 0.1) is 17.6 Å². The topological polar surface area (TPSA) is 55.4 Å². The molecule has 1 aliphatic heterocycles. The van der Waals surface area contributed by atoms with Crippen LogP contribution in [0.2, 0.25) is 0 Å². The molecule has 4 nitrogen and oxygen atoms in total. The van der Waals surface area contributed by atoms with E-state index in [-0.39, 0.29) is 16.4 Å². The van der Waals surface area contributed by atoms with Crippen molar-refractivity contribution >= 4 is 9.84 Å². The van der Waals surface area contributed by atoms with Crippen molar-refractivity contribution in [2.45, 2.75) is 51.7 Å². The standard InChI is InChI=1S/C14H29NO3S/c1-4-8-15-11-14(6-5-9-18-12-14)7-10-19(16,17)13(2)3/h13,15H,4-12H2,1-3H3. The van der Waals surface area contributed by atoms with E-state index in [1.54, 1.807) is 13.8 Å². The minimum Gasteiger partial charge on any atom is -0.381 e. The van der Waals surface area contributed by atoms with Crippen LogP contribution in [-0.2, 0) is 14.6 Å². The highest BCUT2D eigenvalue weighted by Gasteiger charge is 2.34. The lowest BCUT2D eigenvalue weighted by atomic mass is 9.80. The van der Waals surface area contributed by atoms with Crippen molar-refractivity contribution in [3.63, 3.8) is 0 Å². The zero-order valence-corrected chi connectivity index (χ0v) is 13.4. The van der Waals surface area contributed by atoms with E-state index in [1.165, 1.54) is 0 Å². The molecule has 1 aliphatic rings. The van der Waals surface area contributed by atoms with Crippen molar-refractivity contribution in [2.75, 3.05) is 32.1 Å². The summed E-state index contributed by atoms with van der Waals surface area (Å²) >= 11 is 0. The monoisotopic (exact) mass is 291 g/mol. The second-order valence-corrected chi connectivity index (χ2v) is 8.68. The summed E-state index contributed by atoms with van der Waals surface area (Å²) in [7, 11) is -2.95. The molecule has 1 heterocycles. The fraction of sp³-hybridized carbons (Fsp3) is 1.00. The molecule has 0 radical (unpaired) electrons. The first kappa shape index (κ1) is 16.9. The molecule has 0 bridgehead atoms. The van der Waals surface area contributed by atoms with Gasteiger partial charge >= 0.3 is 0 Å². The van der Waals surface area contributed by atoms with Crippen LogP contribution < -0.4 is 5.32 Å². The zero-order chi connectivity index (χ0) is 14.4. The first-order valence-electron chi connectivity index (χ1n) is 7.42. The SMILES string of the molecule is CCCNCC1(CCS(=O)(=O)C(C)C)CCCOC1. The van der Waals surface area contributed by atoms with Crippen LogP contribution in [0.3, 0.4) is 0 Å². The van der Waals surface area contributed by atoms with Crippen molar-refractivity contribution in [3.05, 3.63) is 0 Å². The smallest absolute Gasteiger partial charge is 0.152 e. The first-order valence-corrected chi connectivity index (χ1v) is 9.13. The number of nitrogens with one attached hydrogen (secondary N) is 1. The Balaban J connectivity index is 2.59. The molecular weight excluding hydrogens is 262 g/mol. The maximum Gasteiger partial charge on any atom is 0.152 e. The largest absolute Gasteiger partial charge is 0.381 e. The average Bonchev–Trinajstić information content (AvgIpc) is 2.38. The van der Waals surface area contributed by atoms with E-state index in [0.717, 1.165) is 39.0 Å². The van der Waals surface area contributed by atoms with E-state index in [0.29, 0.717) is 13.0 Å². The van der Waals surface area contributed by atoms with Crippen molar-refractivity contribution < 1.29 is 13.2 Å². The minimum absolute atomic E-state index is 0.00931. The molecule has 0 aliphatic carbocycles. The van der Waals surface area contributed by atoms with Gasteiger partial charge in [0.1, 0.15) is 0 Å². The van der Waals surface area contributed by atoms with Crippen LogP contribution in [0, 0.1) is 5.41 Å². The first-order chi connectivity index (χ1) is 8.92. The molecule has 0 aromatic rings. The van der Waals surface area contributed by atoms with Gasteiger partial charge in [-0.05, 0) is 46.1 Å². The third-order valence-electron chi connectivity index (χ3n) is 3.97. The van der Waals surface area contributed by atoms with Gasteiger partial charge in [0.2, 0.25) is 0 Å². The number of ether oxygens (including phenoxy) is 1. The molecule has 1 unspecified atom stereocenters. The van der Waals surface area contributed by atoms with E-state index in [2.05, 4.69) is 12.2 Å². The van der Waals surface area contributed by atoms with Crippen molar-refractivity contribution in [3.8, 4) is 0 Å². The Labute approximate surface area is 118 Å². The van der Waals surface area contributed by atoms with Gasteiger partial charge < -0.3 is 10.1 Å². The summed E-state index contributed by atoms with van der Waals surface area (Å²) in [5.41, 5.74) is 0.00931. The third-order valence-corrected chi connectivity index (χ3v) is 6.18. The lowest BCUT2D eigenvalue weighted by molar-refractivity contribution is -0.00886. The summed E-state index contributed by atoms with van der Waals surface area (Å²) in [5.74, 6) is 0.280. The summed E-state index contributed by atoms with van der Waals surface area (Å²) in [6.45, 7) is 9.01.